The van der Waals surface area contributed by atoms with E-state index in [1.54, 1.807) is 0 Å². The second-order valence-electron chi connectivity index (χ2n) is 4.16. The Hall–Kier alpha value is -0.120. The third-order valence-electron chi connectivity index (χ3n) is 3.25. The minimum Gasteiger partial charge on any atom is -0.377 e. The highest BCUT2D eigenvalue weighted by Crippen LogP contribution is 2.20. The van der Waals surface area contributed by atoms with Crippen LogP contribution < -0.4 is 5.73 Å². The SMILES string of the molecule is NCC1CCN1CC1CCCCO1. The number of nitrogens with zero attached hydrogens (tertiary/aromatic N) is 1. The van der Waals surface area contributed by atoms with Gasteiger partial charge < -0.3 is 10.5 Å². The fraction of sp³-hybridized carbons (Fsp3) is 1.00. The van der Waals surface area contributed by atoms with Gasteiger partial charge in [0.05, 0.1) is 6.10 Å². The molecule has 0 bridgehead atoms. The molecule has 2 fully saturated rings. The second-order valence-corrected chi connectivity index (χ2v) is 4.16. The smallest absolute Gasteiger partial charge is 0.0702 e. The van der Waals surface area contributed by atoms with Gasteiger partial charge in [-0.2, -0.15) is 0 Å². The van der Waals surface area contributed by atoms with Gasteiger partial charge in [0, 0.05) is 32.3 Å². The molecule has 2 saturated heterocycles. The number of likely N-dealkylation sites (tertiary alicyclic amines) is 1. The van der Waals surface area contributed by atoms with Crippen LogP contribution in [0.4, 0.5) is 0 Å². The largest absolute Gasteiger partial charge is 0.377 e. The van der Waals surface area contributed by atoms with E-state index in [9.17, 15) is 0 Å². The standard InChI is InChI=1S/C10H20N2O/c11-7-9-4-5-12(9)8-10-3-1-2-6-13-10/h9-10H,1-8,11H2. The average Bonchev–Trinajstić information content (AvgIpc) is 2.15. The highest BCUT2D eigenvalue weighted by atomic mass is 16.5. The maximum Gasteiger partial charge on any atom is 0.0702 e. The number of ether oxygens (including phenoxy) is 1. The lowest BCUT2D eigenvalue weighted by Gasteiger charge is -2.42. The number of nitrogens with two attached hydrogens (primary N) is 1. The molecule has 0 aliphatic carbocycles. The zero-order valence-corrected chi connectivity index (χ0v) is 8.24. The summed E-state index contributed by atoms with van der Waals surface area (Å²) in [5, 5.41) is 0. The Labute approximate surface area is 80.2 Å². The topological polar surface area (TPSA) is 38.5 Å². The van der Waals surface area contributed by atoms with E-state index in [0.717, 1.165) is 19.7 Å². The molecule has 3 heteroatoms. The second kappa shape index (κ2) is 4.40. The van der Waals surface area contributed by atoms with Crippen LogP contribution in [-0.4, -0.2) is 43.3 Å². The maximum atomic E-state index is 5.69. The van der Waals surface area contributed by atoms with Crippen molar-refractivity contribution < 1.29 is 4.74 Å². The fourth-order valence-corrected chi connectivity index (χ4v) is 2.21. The fourth-order valence-electron chi connectivity index (χ4n) is 2.21. The Balaban J connectivity index is 1.70. The van der Waals surface area contributed by atoms with Gasteiger partial charge in [-0.05, 0) is 25.7 Å². The zero-order chi connectivity index (χ0) is 9.10. The summed E-state index contributed by atoms with van der Waals surface area (Å²) in [4.78, 5) is 2.47. The van der Waals surface area contributed by atoms with Crippen molar-refractivity contribution in [1.29, 1.82) is 0 Å². The van der Waals surface area contributed by atoms with E-state index in [1.807, 2.05) is 0 Å². The van der Waals surface area contributed by atoms with Gasteiger partial charge in [-0.1, -0.05) is 0 Å². The molecule has 0 radical (unpaired) electrons. The van der Waals surface area contributed by atoms with E-state index in [0.29, 0.717) is 12.1 Å². The van der Waals surface area contributed by atoms with Gasteiger partial charge in [-0.3, -0.25) is 4.90 Å². The van der Waals surface area contributed by atoms with Crippen LogP contribution in [0.3, 0.4) is 0 Å². The van der Waals surface area contributed by atoms with E-state index in [2.05, 4.69) is 4.90 Å². The Morgan fingerprint density at radius 1 is 1.31 bits per heavy atom. The van der Waals surface area contributed by atoms with Crippen molar-refractivity contribution in [1.82, 2.24) is 4.90 Å². The van der Waals surface area contributed by atoms with E-state index >= 15 is 0 Å². The van der Waals surface area contributed by atoms with Crippen molar-refractivity contribution in [3.05, 3.63) is 0 Å². The third-order valence-corrected chi connectivity index (χ3v) is 3.25. The molecule has 2 unspecified atom stereocenters. The summed E-state index contributed by atoms with van der Waals surface area (Å²) in [6.45, 7) is 4.11. The van der Waals surface area contributed by atoms with Crippen molar-refractivity contribution in [3.63, 3.8) is 0 Å². The molecular formula is C10H20N2O. The molecule has 0 aromatic rings. The Bertz CT molecular complexity index is 155. The number of hydrogen-bond donors (Lipinski definition) is 1. The van der Waals surface area contributed by atoms with Gasteiger partial charge in [0.25, 0.3) is 0 Å². The molecule has 2 atom stereocenters. The molecular weight excluding hydrogens is 164 g/mol. The van der Waals surface area contributed by atoms with Crippen molar-refractivity contribution in [3.8, 4) is 0 Å². The summed E-state index contributed by atoms with van der Waals surface area (Å²) in [5.41, 5.74) is 5.65. The number of hydrogen-bond acceptors (Lipinski definition) is 3. The van der Waals surface area contributed by atoms with Crippen LogP contribution in [-0.2, 0) is 4.74 Å². The molecule has 2 rings (SSSR count). The first-order valence-electron chi connectivity index (χ1n) is 5.46. The Morgan fingerprint density at radius 2 is 2.23 bits per heavy atom. The van der Waals surface area contributed by atoms with Gasteiger partial charge >= 0.3 is 0 Å². The first kappa shape index (κ1) is 9.44. The molecule has 3 nitrogen and oxygen atoms in total. The van der Waals surface area contributed by atoms with Crippen LogP contribution in [0, 0.1) is 0 Å². The predicted octanol–water partition coefficient (Wildman–Crippen LogP) is 0.588. The van der Waals surface area contributed by atoms with Gasteiger partial charge in [0.1, 0.15) is 0 Å². The van der Waals surface area contributed by atoms with Crippen LogP contribution in [0.1, 0.15) is 25.7 Å². The molecule has 76 valence electrons. The quantitative estimate of drug-likeness (QED) is 0.697. The monoisotopic (exact) mass is 184 g/mol. The van der Waals surface area contributed by atoms with Gasteiger partial charge in [-0.25, -0.2) is 0 Å². The molecule has 2 heterocycles. The van der Waals surface area contributed by atoms with E-state index < -0.39 is 0 Å². The number of rotatable bonds is 3. The predicted molar refractivity (Wildman–Crippen MR) is 52.6 cm³/mol. The molecule has 0 saturated carbocycles. The molecule has 13 heavy (non-hydrogen) atoms. The first-order valence-corrected chi connectivity index (χ1v) is 5.46. The molecule has 0 aromatic carbocycles. The van der Waals surface area contributed by atoms with Crippen LogP contribution in [0.5, 0.6) is 0 Å². The Morgan fingerprint density at radius 3 is 2.77 bits per heavy atom. The summed E-state index contributed by atoms with van der Waals surface area (Å²) in [6.07, 6.45) is 5.60. The lowest BCUT2D eigenvalue weighted by Crippen LogP contribution is -2.54. The highest BCUT2D eigenvalue weighted by molar-refractivity contribution is 4.85. The van der Waals surface area contributed by atoms with Crippen LogP contribution in [0.25, 0.3) is 0 Å². The molecule has 2 aliphatic rings. The van der Waals surface area contributed by atoms with Crippen molar-refractivity contribution in [2.45, 2.75) is 37.8 Å². The average molecular weight is 184 g/mol. The van der Waals surface area contributed by atoms with Crippen LogP contribution in [0.2, 0.25) is 0 Å². The molecule has 0 amide bonds. The van der Waals surface area contributed by atoms with E-state index in [1.165, 1.54) is 32.2 Å². The van der Waals surface area contributed by atoms with Crippen molar-refractivity contribution >= 4 is 0 Å². The van der Waals surface area contributed by atoms with Crippen molar-refractivity contribution in [2.75, 3.05) is 26.2 Å². The summed E-state index contributed by atoms with van der Waals surface area (Å²) in [7, 11) is 0. The maximum absolute atomic E-state index is 5.69. The molecule has 2 aliphatic heterocycles. The third kappa shape index (κ3) is 2.22. The molecule has 0 spiro atoms. The lowest BCUT2D eigenvalue weighted by molar-refractivity contribution is -0.0326. The normalized spacial score (nSPS) is 35.8. The summed E-state index contributed by atoms with van der Waals surface area (Å²) in [5.74, 6) is 0. The van der Waals surface area contributed by atoms with Crippen molar-refractivity contribution in [2.24, 2.45) is 5.73 Å². The molecule has 2 N–H and O–H groups in total. The minimum atomic E-state index is 0.489. The Kier molecular flexibility index (Phi) is 3.19. The lowest BCUT2D eigenvalue weighted by atomic mass is 10.0. The van der Waals surface area contributed by atoms with Gasteiger partial charge in [-0.15, -0.1) is 0 Å². The summed E-state index contributed by atoms with van der Waals surface area (Å²) < 4.78 is 5.69. The van der Waals surface area contributed by atoms with Gasteiger partial charge in [0.2, 0.25) is 0 Å². The van der Waals surface area contributed by atoms with Crippen LogP contribution >= 0.6 is 0 Å². The summed E-state index contributed by atoms with van der Waals surface area (Å²) >= 11 is 0. The van der Waals surface area contributed by atoms with Gasteiger partial charge in [0.15, 0.2) is 0 Å². The van der Waals surface area contributed by atoms with E-state index in [-0.39, 0.29) is 0 Å². The first-order chi connectivity index (χ1) is 6.40. The minimum absolute atomic E-state index is 0.489. The highest BCUT2D eigenvalue weighted by Gasteiger charge is 2.29. The van der Waals surface area contributed by atoms with E-state index in [4.69, 9.17) is 10.5 Å². The zero-order valence-electron chi connectivity index (χ0n) is 8.24. The molecule has 0 aromatic heterocycles. The van der Waals surface area contributed by atoms with Crippen LogP contribution in [0.15, 0.2) is 0 Å². The summed E-state index contributed by atoms with van der Waals surface area (Å²) in [6, 6.07) is 0.644.